The van der Waals surface area contributed by atoms with Crippen molar-refractivity contribution in [1.29, 1.82) is 0 Å². The van der Waals surface area contributed by atoms with Crippen molar-refractivity contribution in [2.45, 2.75) is 20.0 Å². The van der Waals surface area contributed by atoms with E-state index in [1.54, 1.807) is 6.92 Å². The van der Waals surface area contributed by atoms with Gasteiger partial charge in [0.2, 0.25) is 5.91 Å². The van der Waals surface area contributed by atoms with E-state index in [9.17, 15) is 22.8 Å². The summed E-state index contributed by atoms with van der Waals surface area (Å²) in [5.41, 5.74) is 0.649. The highest BCUT2D eigenvalue weighted by Crippen LogP contribution is 2.16. The van der Waals surface area contributed by atoms with Gasteiger partial charge in [-0.05, 0) is 48.4 Å². The Bertz CT molecular complexity index is 1340. The van der Waals surface area contributed by atoms with Crippen molar-refractivity contribution < 1.29 is 18.0 Å². The van der Waals surface area contributed by atoms with Gasteiger partial charge >= 0.3 is 0 Å². The molecule has 0 aliphatic rings. The van der Waals surface area contributed by atoms with Crippen LogP contribution in [0.2, 0.25) is 0 Å². The molecule has 4 aromatic rings. The highest BCUT2D eigenvalue weighted by molar-refractivity contribution is 5.91. The third-order valence-electron chi connectivity index (χ3n) is 4.52. The fraction of sp³-hybridized carbons (Fsp3) is 0.150. The van der Waals surface area contributed by atoms with Gasteiger partial charge in [0, 0.05) is 11.8 Å². The Balaban J connectivity index is 1.56. The standard InChI is InChI=1S/C20H15F3N6O2/c1-11-4-13(21)2-3-16(11)25-17(30)9-28-10-24-19-18(20(28)31)26-27-29(19)8-12-5-14(22)7-15(23)6-12/h2-7,10H,8-9H2,1H3,(H,25,30). The number of carbonyl (C=O) groups excluding carboxylic acids is 1. The zero-order chi connectivity index (χ0) is 22.1. The van der Waals surface area contributed by atoms with Crippen LogP contribution in [0.15, 0.2) is 47.5 Å². The maximum atomic E-state index is 13.4. The van der Waals surface area contributed by atoms with Crippen LogP contribution >= 0.6 is 0 Å². The van der Waals surface area contributed by atoms with Crippen molar-refractivity contribution in [1.82, 2.24) is 24.5 Å². The zero-order valence-electron chi connectivity index (χ0n) is 16.1. The molecule has 0 atom stereocenters. The van der Waals surface area contributed by atoms with Crippen LogP contribution in [0.3, 0.4) is 0 Å². The van der Waals surface area contributed by atoms with E-state index in [1.165, 1.54) is 22.9 Å². The number of benzene rings is 2. The number of fused-ring (bicyclic) bond motifs is 1. The summed E-state index contributed by atoms with van der Waals surface area (Å²) in [6.07, 6.45) is 1.16. The molecule has 0 unspecified atom stereocenters. The van der Waals surface area contributed by atoms with Crippen molar-refractivity contribution in [2.24, 2.45) is 0 Å². The van der Waals surface area contributed by atoms with E-state index in [1.807, 2.05) is 0 Å². The van der Waals surface area contributed by atoms with E-state index in [0.29, 0.717) is 11.3 Å². The van der Waals surface area contributed by atoms with Crippen LogP contribution < -0.4 is 10.9 Å². The highest BCUT2D eigenvalue weighted by Gasteiger charge is 2.15. The van der Waals surface area contributed by atoms with Crippen molar-refractivity contribution in [3.05, 3.63) is 81.7 Å². The van der Waals surface area contributed by atoms with Gasteiger partial charge in [-0.3, -0.25) is 14.2 Å². The number of aromatic nitrogens is 5. The topological polar surface area (TPSA) is 94.7 Å². The Kier molecular flexibility index (Phi) is 5.24. The Morgan fingerprint density at radius 2 is 1.81 bits per heavy atom. The number of hydrogen-bond acceptors (Lipinski definition) is 5. The monoisotopic (exact) mass is 428 g/mol. The first-order valence-electron chi connectivity index (χ1n) is 9.10. The normalized spacial score (nSPS) is 11.1. The third-order valence-corrected chi connectivity index (χ3v) is 4.52. The Labute approximate surface area is 173 Å². The van der Waals surface area contributed by atoms with E-state index in [-0.39, 0.29) is 29.8 Å². The lowest BCUT2D eigenvalue weighted by Crippen LogP contribution is -2.28. The molecule has 8 nitrogen and oxygen atoms in total. The number of amides is 1. The lowest BCUT2D eigenvalue weighted by Gasteiger charge is -2.09. The second-order valence-corrected chi connectivity index (χ2v) is 6.88. The molecular formula is C20H15F3N6O2. The maximum absolute atomic E-state index is 13.4. The smallest absolute Gasteiger partial charge is 0.283 e. The molecule has 0 aliphatic carbocycles. The fourth-order valence-electron chi connectivity index (χ4n) is 3.09. The molecule has 4 rings (SSSR count). The number of anilines is 1. The summed E-state index contributed by atoms with van der Waals surface area (Å²) < 4.78 is 42.3. The lowest BCUT2D eigenvalue weighted by atomic mass is 10.2. The van der Waals surface area contributed by atoms with Crippen LogP contribution in [0.4, 0.5) is 18.9 Å². The van der Waals surface area contributed by atoms with Gasteiger partial charge in [0.1, 0.15) is 30.3 Å². The fourth-order valence-corrected chi connectivity index (χ4v) is 3.09. The molecule has 0 spiro atoms. The molecule has 2 aromatic heterocycles. The van der Waals surface area contributed by atoms with Crippen LogP contribution in [0.25, 0.3) is 11.2 Å². The van der Waals surface area contributed by atoms with Gasteiger partial charge in [-0.1, -0.05) is 5.21 Å². The van der Waals surface area contributed by atoms with Gasteiger partial charge in [0.25, 0.3) is 5.56 Å². The predicted molar refractivity (Wildman–Crippen MR) is 105 cm³/mol. The number of aryl methyl sites for hydroxylation is 1. The van der Waals surface area contributed by atoms with Gasteiger partial charge < -0.3 is 5.32 Å². The van der Waals surface area contributed by atoms with Crippen molar-refractivity contribution >= 4 is 22.8 Å². The first-order chi connectivity index (χ1) is 14.8. The SMILES string of the molecule is Cc1cc(F)ccc1NC(=O)Cn1cnc2c(nnn2Cc2cc(F)cc(F)c2)c1=O. The van der Waals surface area contributed by atoms with E-state index in [2.05, 4.69) is 20.6 Å². The van der Waals surface area contributed by atoms with Gasteiger partial charge in [0.05, 0.1) is 6.54 Å². The number of carbonyl (C=O) groups is 1. The van der Waals surface area contributed by atoms with Crippen molar-refractivity contribution in [3.8, 4) is 0 Å². The molecule has 1 amide bonds. The van der Waals surface area contributed by atoms with Gasteiger partial charge in [-0.15, -0.1) is 5.10 Å². The van der Waals surface area contributed by atoms with Gasteiger partial charge in [-0.25, -0.2) is 22.8 Å². The van der Waals surface area contributed by atoms with E-state index >= 15 is 0 Å². The largest absolute Gasteiger partial charge is 0.324 e. The summed E-state index contributed by atoms with van der Waals surface area (Å²) >= 11 is 0. The van der Waals surface area contributed by atoms with E-state index in [4.69, 9.17) is 0 Å². The Morgan fingerprint density at radius 1 is 1.06 bits per heavy atom. The number of hydrogen-bond donors (Lipinski definition) is 1. The summed E-state index contributed by atoms with van der Waals surface area (Å²) in [5.74, 6) is -2.42. The molecule has 2 heterocycles. The quantitative estimate of drug-likeness (QED) is 0.527. The number of halogens is 3. The summed E-state index contributed by atoms with van der Waals surface area (Å²) in [5, 5.41) is 10.2. The zero-order valence-corrected chi connectivity index (χ0v) is 16.1. The molecule has 0 saturated heterocycles. The second-order valence-electron chi connectivity index (χ2n) is 6.88. The molecule has 1 N–H and O–H groups in total. The highest BCUT2D eigenvalue weighted by atomic mass is 19.1. The Hall–Kier alpha value is -4.02. The van der Waals surface area contributed by atoms with E-state index in [0.717, 1.165) is 29.1 Å². The van der Waals surface area contributed by atoms with Crippen LogP contribution in [0, 0.1) is 24.4 Å². The minimum atomic E-state index is -0.739. The first-order valence-corrected chi connectivity index (χ1v) is 9.10. The molecule has 11 heteroatoms. The molecule has 0 radical (unpaired) electrons. The lowest BCUT2D eigenvalue weighted by molar-refractivity contribution is -0.116. The van der Waals surface area contributed by atoms with Gasteiger partial charge in [-0.2, -0.15) is 0 Å². The summed E-state index contributed by atoms with van der Waals surface area (Å²) in [6, 6.07) is 6.94. The first kappa shape index (κ1) is 20.3. The maximum Gasteiger partial charge on any atom is 0.283 e. The van der Waals surface area contributed by atoms with Crippen LogP contribution in [-0.2, 0) is 17.9 Å². The van der Waals surface area contributed by atoms with Crippen molar-refractivity contribution in [2.75, 3.05) is 5.32 Å². The molecule has 0 aliphatic heterocycles. The summed E-state index contributed by atoms with van der Waals surface area (Å²) in [7, 11) is 0. The second kappa shape index (κ2) is 8.01. The minimum absolute atomic E-state index is 0.0496. The minimum Gasteiger partial charge on any atom is -0.324 e. The average Bonchev–Trinajstić information content (AvgIpc) is 3.09. The van der Waals surface area contributed by atoms with Crippen LogP contribution in [0.1, 0.15) is 11.1 Å². The molecule has 0 saturated carbocycles. The molecular weight excluding hydrogens is 413 g/mol. The van der Waals surface area contributed by atoms with E-state index < -0.39 is 28.9 Å². The molecule has 0 fully saturated rings. The van der Waals surface area contributed by atoms with Gasteiger partial charge in [0.15, 0.2) is 11.2 Å². The average molecular weight is 428 g/mol. The molecule has 0 bridgehead atoms. The van der Waals surface area contributed by atoms with Crippen LogP contribution in [0.5, 0.6) is 0 Å². The third kappa shape index (κ3) is 4.29. The predicted octanol–water partition coefficient (Wildman–Crippen LogP) is 2.40. The number of nitrogens with zero attached hydrogens (tertiary/aromatic N) is 5. The number of nitrogens with one attached hydrogen (secondary N) is 1. The number of rotatable bonds is 5. The Morgan fingerprint density at radius 3 is 2.52 bits per heavy atom. The molecule has 31 heavy (non-hydrogen) atoms. The van der Waals surface area contributed by atoms with Crippen molar-refractivity contribution in [3.63, 3.8) is 0 Å². The van der Waals surface area contributed by atoms with Crippen LogP contribution in [-0.4, -0.2) is 30.5 Å². The molecule has 158 valence electrons. The summed E-state index contributed by atoms with van der Waals surface area (Å²) in [6.45, 7) is 1.24. The molecule has 2 aromatic carbocycles. The summed E-state index contributed by atoms with van der Waals surface area (Å²) in [4.78, 5) is 29.1.